The van der Waals surface area contributed by atoms with Crippen LogP contribution in [0.5, 0.6) is 11.5 Å². The highest BCUT2D eigenvalue weighted by atomic mass is 32.2. The van der Waals surface area contributed by atoms with E-state index in [0.717, 1.165) is 0 Å². The minimum Gasteiger partial charge on any atom is -0.493 e. The fourth-order valence-corrected chi connectivity index (χ4v) is 5.16. The molecule has 0 aromatic heterocycles. The van der Waals surface area contributed by atoms with Gasteiger partial charge in [-0.25, -0.2) is 13.2 Å². The maximum Gasteiger partial charge on any atom is 0.340 e. The van der Waals surface area contributed by atoms with E-state index in [1.54, 1.807) is 18.2 Å². The summed E-state index contributed by atoms with van der Waals surface area (Å²) in [4.78, 5) is 25.5. The smallest absolute Gasteiger partial charge is 0.340 e. The molecule has 1 atom stereocenters. The lowest BCUT2D eigenvalue weighted by Gasteiger charge is -2.31. The molecular weight excluding hydrogens is 436 g/mol. The predicted molar refractivity (Wildman–Crippen MR) is 117 cm³/mol. The Hall–Kier alpha value is -3.11. The molecular formula is C22H26N2O7S. The standard InChI is InChI=1S/C22H26N2O7S/c1-29-19-12-17(22(26)31-3)18(13-20(19)30-2)23-21(25)15-8-7-11-24(14-15)32(27,28)16-9-5-4-6-10-16/h4-6,9-10,12-13,15H,7-8,11,14H2,1-3H3,(H,23,25)/t15-/m1/s1. The quantitative estimate of drug-likeness (QED) is 0.630. The SMILES string of the molecule is COC(=O)c1cc(OC)c(OC)cc1NC(=O)[C@@H]1CCCN(S(=O)(=O)c2ccccc2)C1. The number of hydrogen-bond acceptors (Lipinski definition) is 7. The van der Waals surface area contributed by atoms with E-state index in [-0.39, 0.29) is 22.7 Å². The summed E-state index contributed by atoms with van der Waals surface area (Å²) in [6.07, 6.45) is 1.06. The number of carbonyl (C=O) groups is 2. The Morgan fingerprint density at radius 3 is 2.31 bits per heavy atom. The molecule has 0 aliphatic carbocycles. The first-order chi connectivity index (χ1) is 15.3. The Balaban J connectivity index is 1.83. The van der Waals surface area contributed by atoms with Gasteiger partial charge < -0.3 is 19.5 Å². The number of benzene rings is 2. The number of carbonyl (C=O) groups excluding carboxylic acids is 2. The fourth-order valence-electron chi connectivity index (χ4n) is 3.61. The van der Waals surface area contributed by atoms with Crippen molar-refractivity contribution in [3.8, 4) is 11.5 Å². The maximum absolute atomic E-state index is 13.0. The summed E-state index contributed by atoms with van der Waals surface area (Å²) < 4.78 is 42.5. The summed E-state index contributed by atoms with van der Waals surface area (Å²) in [6, 6.07) is 11.0. The third-order valence-corrected chi connectivity index (χ3v) is 7.20. The topological polar surface area (TPSA) is 111 Å². The minimum absolute atomic E-state index is 0.0455. The van der Waals surface area contributed by atoms with E-state index < -0.39 is 27.8 Å². The van der Waals surface area contributed by atoms with Gasteiger partial charge in [-0.2, -0.15) is 4.31 Å². The van der Waals surface area contributed by atoms with Crippen molar-refractivity contribution in [3.05, 3.63) is 48.0 Å². The van der Waals surface area contributed by atoms with Crippen LogP contribution in [0.25, 0.3) is 0 Å². The molecule has 10 heteroatoms. The number of amides is 1. The molecule has 0 saturated carbocycles. The zero-order chi connectivity index (χ0) is 23.3. The molecule has 1 saturated heterocycles. The van der Waals surface area contributed by atoms with Crippen LogP contribution < -0.4 is 14.8 Å². The molecule has 1 aliphatic rings. The number of esters is 1. The highest BCUT2D eigenvalue weighted by molar-refractivity contribution is 7.89. The lowest BCUT2D eigenvalue weighted by Crippen LogP contribution is -2.43. The van der Waals surface area contributed by atoms with Crippen molar-refractivity contribution in [1.82, 2.24) is 4.31 Å². The Morgan fingerprint density at radius 2 is 1.69 bits per heavy atom. The Morgan fingerprint density at radius 1 is 1.03 bits per heavy atom. The summed E-state index contributed by atoms with van der Waals surface area (Å²) in [5.74, 6) is -0.995. The lowest BCUT2D eigenvalue weighted by molar-refractivity contribution is -0.120. The molecule has 0 radical (unpaired) electrons. The molecule has 1 aliphatic heterocycles. The van der Waals surface area contributed by atoms with Gasteiger partial charge in [0.05, 0.1) is 43.4 Å². The molecule has 2 aromatic carbocycles. The van der Waals surface area contributed by atoms with E-state index in [9.17, 15) is 18.0 Å². The van der Waals surface area contributed by atoms with Gasteiger partial charge in [0.15, 0.2) is 11.5 Å². The minimum atomic E-state index is -3.70. The van der Waals surface area contributed by atoms with E-state index >= 15 is 0 Å². The average Bonchev–Trinajstić information content (AvgIpc) is 2.83. The summed E-state index contributed by atoms with van der Waals surface area (Å²) in [6.45, 7) is 0.384. The van der Waals surface area contributed by atoms with Crippen molar-refractivity contribution in [2.24, 2.45) is 5.92 Å². The molecule has 2 aromatic rings. The predicted octanol–water partition coefficient (Wildman–Crippen LogP) is 2.53. The van der Waals surface area contributed by atoms with E-state index in [1.807, 2.05) is 0 Å². The van der Waals surface area contributed by atoms with Crippen LogP contribution in [0.4, 0.5) is 5.69 Å². The van der Waals surface area contributed by atoms with Gasteiger partial charge in [-0.15, -0.1) is 0 Å². The molecule has 1 heterocycles. The second-order valence-corrected chi connectivity index (χ2v) is 9.19. The summed E-state index contributed by atoms with van der Waals surface area (Å²) in [7, 11) is 0.401. The number of sulfonamides is 1. The van der Waals surface area contributed by atoms with Crippen molar-refractivity contribution in [2.75, 3.05) is 39.7 Å². The summed E-state index contributed by atoms with van der Waals surface area (Å²) in [5, 5.41) is 2.74. The molecule has 32 heavy (non-hydrogen) atoms. The average molecular weight is 463 g/mol. The van der Waals surface area contributed by atoms with E-state index in [0.29, 0.717) is 30.9 Å². The van der Waals surface area contributed by atoms with E-state index in [1.165, 1.54) is 49.9 Å². The number of hydrogen-bond donors (Lipinski definition) is 1. The van der Waals surface area contributed by atoms with Gasteiger partial charge in [0.1, 0.15) is 0 Å². The highest BCUT2D eigenvalue weighted by Gasteiger charge is 2.34. The number of nitrogens with zero attached hydrogens (tertiary/aromatic N) is 1. The number of piperidine rings is 1. The number of anilines is 1. The van der Waals surface area contributed by atoms with Gasteiger partial charge in [0.2, 0.25) is 15.9 Å². The van der Waals surface area contributed by atoms with Crippen LogP contribution in [0.1, 0.15) is 23.2 Å². The molecule has 3 rings (SSSR count). The normalized spacial score (nSPS) is 16.8. The molecule has 9 nitrogen and oxygen atoms in total. The molecule has 0 bridgehead atoms. The third kappa shape index (κ3) is 4.86. The monoisotopic (exact) mass is 462 g/mol. The number of ether oxygens (including phenoxy) is 3. The molecule has 1 amide bonds. The molecule has 0 unspecified atom stereocenters. The first-order valence-corrected chi connectivity index (χ1v) is 11.5. The molecule has 1 N–H and O–H groups in total. The van der Waals surface area contributed by atoms with Crippen molar-refractivity contribution in [3.63, 3.8) is 0 Å². The van der Waals surface area contributed by atoms with Crippen molar-refractivity contribution < 1.29 is 32.2 Å². The summed E-state index contributed by atoms with van der Waals surface area (Å²) >= 11 is 0. The van der Waals surface area contributed by atoms with Crippen LogP contribution in [0.2, 0.25) is 0 Å². The first kappa shape index (κ1) is 23.6. The number of nitrogens with one attached hydrogen (secondary N) is 1. The third-order valence-electron chi connectivity index (χ3n) is 5.32. The van der Waals surface area contributed by atoms with Crippen LogP contribution in [0.3, 0.4) is 0 Å². The molecule has 0 spiro atoms. The Bertz CT molecular complexity index is 1090. The summed E-state index contributed by atoms with van der Waals surface area (Å²) in [5.41, 5.74) is 0.297. The van der Waals surface area contributed by atoms with Crippen molar-refractivity contribution in [1.29, 1.82) is 0 Å². The zero-order valence-electron chi connectivity index (χ0n) is 18.2. The van der Waals surface area contributed by atoms with Gasteiger partial charge in [-0.1, -0.05) is 18.2 Å². The Labute approximate surface area is 187 Å². The largest absolute Gasteiger partial charge is 0.493 e. The second-order valence-electron chi connectivity index (χ2n) is 7.25. The van der Waals surface area contributed by atoms with Gasteiger partial charge in [0.25, 0.3) is 0 Å². The van der Waals surface area contributed by atoms with E-state index in [2.05, 4.69) is 5.32 Å². The van der Waals surface area contributed by atoms with Crippen LogP contribution in [-0.4, -0.2) is 59.0 Å². The van der Waals surface area contributed by atoms with Gasteiger partial charge in [-0.05, 0) is 25.0 Å². The van der Waals surface area contributed by atoms with Gasteiger partial charge in [0, 0.05) is 25.2 Å². The second kappa shape index (κ2) is 10.0. The highest BCUT2D eigenvalue weighted by Crippen LogP contribution is 2.34. The zero-order valence-corrected chi connectivity index (χ0v) is 19.0. The number of rotatable bonds is 7. The maximum atomic E-state index is 13.0. The van der Waals surface area contributed by atoms with Crippen LogP contribution in [-0.2, 0) is 19.6 Å². The van der Waals surface area contributed by atoms with Crippen LogP contribution in [0.15, 0.2) is 47.4 Å². The van der Waals surface area contributed by atoms with Crippen LogP contribution in [0, 0.1) is 5.92 Å². The Kier molecular flexibility index (Phi) is 7.37. The lowest BCUT2D eigenvalue weighted by atomic mass is 9.98. The van der Waals surface area contributed by atoms with Crippen LogP contribution >= 0.6 is 0 Å². The van der Waals surface area contributed by atoms with Gasteiger partial charge >= 0.3 is 5.97 Å². The fraction of sp³-hybridized carbons (Fsp3) is 0.364. The number of methoxy groups -OCH3 is 3. The van der Waals surface area contributed by atoms with Gasteiger partial charge in [-0.3, -0.25) is 4.79 Å². The van der Waals surface area contributed by atoms with Crippen molar-refractivity contribution >= 4 is 27.6 Å². The van der Waals surface area contributed by atoms with E-state index in [4.69, 9.17) is 14.2 Å². The molecule has 172 valence electrons. The molecule has 1 fully saturated rings. The van der Waals surface area contributed by atoms with Crippen molar-refractivity contribution in [2.45, 2.75) is 17.7 Å². The first-order valence-electron chi connectivity index (χ1n) is 10.0.